The molecule has 92 valence electrons. The van der Waals surface area contributed by atoms with Crippen molar-refractivity contribution in [2.75, 3.05) is 11.9 Å². The van der Waals surface area contributed by atoms with Crippen molar-refractivity contribution in [2.24, 2.45) is 17.4 Å². The maximum absolute atomic E-state index is 11.4. The Morgan fingerprint density at radius 2 is 2.35 bits per heavy atom. The van der Waals surface area contributed by atoms with Crippen LogP contribution in [0.15, 0.2) is 12.3 Å². The van der Waals surface area contributed by atoms with Crippen LogP contribution in [0.5, 0.6) is 0 Å². The summed E-state index contributed by atoms with van der Waals surface area (Å²) in [5.41, 5.74) is 12.4. The number of hydrogen-bond donors (Lipinski definition) is 3. The van der Waals surface area contributed by atoms with E-state index < -0.39 is 5.91 Å². The highest BCUT2D eigenvalue weighted by atomic mass is 16.1. The van der Waals surface area contributed by atoms with Gasteiger partial charge in [0.2, 0.25) is 0 Å². The van der Waals surface area contributed by atoms with E-state index in [-0.39, 0.29) is 6.04 Å². The lowest BCUT2D eigenvalue weighted by Crippen LogP contribution is -2.32. The molecule has 0 saturated heterocycles. The van der Waals surface area contributed by atoms with Gasteiger partial charge in [-0.2, -0.15) is 0 Å². The quantitative estimate of drug-likeness (QED) is 0.696. The van der Waals surface area contributed by atoms with E-state index in [2.05, 4.69) is 10.3 Å². The van der Waals surface area contributed by atoms with Crippen LogP contribution in [0, 0.1) is 12.8 Å². The monoisotopic (exact) mass is 234 g/mol. The minimum Gasteiger partial charge on any atom is -0.365 e. The van der Waals surface area contributed by atoms with E-state index in [4.69, 9.17) is 11.5 Å². The number of nitrogens with zero attached hydrogens (tertiary/aromatic N) is 1. The van der Waals surface area contributed by atoms with Crippen LogP contribution in [0.25, 0.3) is 0 Å². The highest BCUT2D eigenvalue weighted by molar-refractivity contribution is 5.99. The number of carbonyl (C=O) groups excluding carboxylic acids is 1. The van der Waals surface area contributed by atoms with Crippen LogP contribution in [-0.4, -0.2) is 23.5 Å². The van der Waals surface area contributed by atoms with Crippen LogP contribution in [-0.2, 0) is 0 Å². The summed E-state index contributed by atoms with van der Waals surface area (Å²) >= 11 is 0. The van der Waals surface area contributed by atoms with Crippen molar-refractivity contribution < 1.29 is 4.79 Å². The molecular weight excluding hydrogens is 216 g/mol. The molecule has 1 unspecified atom stereocenters. The summed E-state index contributed by atoms with van der Waals surface area (Å²) in [5.74, 6) is 0.701. The van der Waals surface area contributed by atoms with E-state index in [0.29, 0.717) is 23.8 Å². The second-order valence-corrected chi connectivity index (χ2v) is 4.54. The van der Waals surface area contributed by atoms with Gasteiger partial charge < -0.3 is 16.8 Å². The molecule has 17 heavy (non-hydrogen) atoms. The molecule has 5 heteroatoms. The number of pyridine rings is 1. The number of amides is 1. The van der Waals surface area contributed by atoms with Crippen LogP contribution < -0.4 is 16.8 Å². The lowest BCUT2D eigenvalue weighted by Gasteiger charge is -2.18. The molecule has 5 nitrogen and oxygen atoms in total. The van der Waals surface area contributed by atoms with Crippen LogP contribution in [0.3, 0.4) is 0 Å². The minimum absolute atomic E-state index is 0.183. The van der Waals surface area contributed by atoms with Crippen molar-refractivity contribution in [2.45, 2.75) is 25.8 Å². The van der Waals surface area contributed by atoms with Crippen LogP contribution >= 0.6 is 0 Å². The van der Waals surface area contributed by atoms with E-state index in [1.807, 2.05) is 6.92 Å². The number of anilines is 1. The summed E-state index contributed by atoms with van der Waals surface area (Å²) in [7, 11) is 0. The number of aromatic nitrogens is 1. The third-order valence-corrected chi connectivity index (χ3v) is 3.17. The zero-order valence-electron chi connectivity index (χ0n) is 9.94. The Kier molecular flexibility index (Phi) is 3.28. The van der Waals surface area contributed by atoms with Gasteiger partial charge in [-0.25, -0.2) is 4.98 Å². The molecule has 1 aromatic rings. The van der Waals surface area contributed by atoms with Gasteiger partial charge in [-0.1, -0.05) is 0 Å². The fourth-order valence-electron chi connectivity index (χ4n) is 2.02. The molecule has 0 radical (unpaired) electrons. The van der Waals surface area contributed by atoms with Gasteiger partial charge in [0.05, 0.1) is 5.56 Å². The molecule has 1 heterocycles. The SMILES string of the molecule is Cc1ccnc(NC(CN)C2CC2)c1C(N)=O. The minimum atomic E-state index is -0.454. The number of primary amides is 1. The van der Waals surface area contributed by atoms with E-state index in [1.54, 1.807) is 12.3 Å². The normalized spacial score (nSPS) is 16.6. The lowest BCUT2D eigenvalue weighted by atomic mass is 10.1. The summed E-state index contributed by atoms with van der Waals surface area (Å²) in [6.07, 6.45) is 4.05. The topological polar surface area (TPSA) is 94.0 Å². The molecule has 0 aliphatic heterocycles. The Morgan fingerprint density at radius 3 is 2.88 bits per heavy atom. The van der Waals surface area contributed by atoms with E-state index in [0.717, 1.165) is 5.56 Å². The Balaban J connectivity index is 2.24. The number of nitrogens with two attached hydrogens (primary N) is 2. The van der Waals surface area contributed by atoms with Gasteiger partial charge in [-0.3, -0.25) is 4.79 Å². The molecule has 1 aromatic heterocycles. The zero-order valence-corrected chi connectivity index (χ0v) is 9.94. The first-order valence-corrected chi connectivity index (χ1v) is 5.85. The number of nitrogens with one attached hydrogen (secondary N) is 1. The molecule has 1 saturated carbocycles. The first-order valence-electron chi connectivity index (χ1n) is 5.85. The molecule has 1 aliphatic rings. The Bertz CT molecular complexity index is 429. The summed E-state index contributed by atoms with van der Waals surface area (Å²) in [5, 5.41) is 3.24. The molecule has 2 rings (SSSR count). The lowest BCUT2D eigenvalue weighted by molar-refractivity contribution is 0.1000. The molecule has 0 bridgehead atoms. The maximum Gasteiger partial charge on any atom is 0.252 e. The molecule has 1 amide bonds. The van der Waals surface area contributed by atoms with Crippen LogP contribution in [0.4, 0.5) is 5.82 Å². The standard InChI is InChI=1S/C12H18N4O/c1-7-4-5-15-12(10(7)11(14)17)16-9(6-13)8-2-3-8/h4-5,8-9H,2-3,6,13H2,1H3,(H2,14,17)(H,15,16). The highest BCUT2D eigenvalue weighted by Gasteiger charge is 2.31. The maximum atomic E-state index is 11.4. The second-order valence-electron chi connectivity index (χ2n) is 4.54. The first-order chi connectivity index (χ1) is 8.13. The fraction of sp³-hybridized carbons (Fsp3) is 0.500. The molecule has 1 atom stereocenters. The van der Waals surface area contributed by atoms with Gasteiger partial charge in [0.25, 0.3) is 5.91 Å². The van der Waals surface area contributed by atoms with E-state index >= 15 is 0 Å². The van der Waals surface area contributed by atoms with Gasteiger partial charge in [-0.05, 0) is 37.3 Å². The Hall–Kier alpha value is -1.62. The third-order valence-electron chi connectivity index (χ3n) is 3.17. The van der Waals surface area contributed by atoms with Crippen molar-refractivity contribution in [3.05, 3.63) is 23.4 Å². The van der Waals surface area contributed by atoms with Gasteiger partial charge in [0, 0.05) is 18.8 Å². The summed E-state index contributed by atoms with van der Waals surface area (Å²) in [6.45, 7) is 2.39. The zero-order chi connectivity index (χ0) is 12.4. The van der Waals surface area contributed by atoms with Crippen LogP contribution in [0.2, 0.25) is 0 Å². The number of carbonyl (C=O) groups is 1. The fourth-order valence-corrected chi connectivity index (χ4v) is 2.02. The second kappa shape index (κ2) is 4.71. The largest absolute Gasteiger partial charge is 0.365 e. The van der Waals surface area contributed by atoms with Gasteiger partial charge in [0.15, 0.2) is 0 Å². The predicted molar refractivity (Wildman–Crippen MR) is 66.7 cm³/mol. The summed E-state index contributed by atoms with van der Waals surface area (Å²) < 4.78 is 0. The molecule has 0 spiro atoms. The number of aryl methyl sites for hydroxylation is 1. The van der Waals surface area contributed by atoms with Crippen molar-refractivity contribution in [3.8, 4) is 0 Å². The highest BCUT2D eigenvalue weighted by Crippen LogP contribution is 2.34. The van der Waals surface area contributed by atoms with Gasteiger partial charge in [0.1, 0.15) is 5.82 Å². The molecular formula is C12H18N4O. The average Bonchev–Trinajstić information content (AvgIpc) is 3.09. The van der Waals surface area contributed by atoms with Crippen molar-refractivity contribution >= 4 is 11.7 Å². The van der Waals surface area contributed by atoms with Crippen molar-refractivity contribution in [1.82, 2.24) is 4.98 Å². The summed E-state index contributed by atoms with van der Waals surface area (Å²) in [4.78, 5) is 15.6. The number of hydrogen-bond acceptors (Lipinski definition) is 4. The summed E-state index contributed by atoms with van der Waals surface area (Å²) in [6, 6.07) is 1.96. The Labute approximate surface area is 101 Å². The van der Waals surface area contributed by atoms with E-state index in [1.165, 1.54) is 12.8 Å². The average molecular weight is 234 g/mol. The molecule has 5 N–H and O–H groups in total. The molecule has 1 fully saturated rings. The third kappa shape index (κ3) is 2.55. The van der Waals surface area contributed by atoms with E-state index in [9.17, 15) is 4.79 Å². The molecule has 1 aliphatic carbocycles. The van der Waals surface area contributed by atoms with Crippen molar-refractivity contribution in [3.63, 3.8) is 0 Å². The number of rotatable bonds is 5. The van der Waals surface area contributed by atoms with Crippen LogP contribution in [0.1, 0.15) is 28.8 Å². The first kappa shape index (κ1) is 11.9. The predicted octanol–water partition coefficient (Wildman–Crippen LogP) is 0.638. The van der Waals surface area contributed by atoms with Gasteiger partial charge >= 0.3 is 0 Å². The van der Waals surface area contributed by atoms with Gasteiger partial charge in [-0.15, -0.1) is 0 Å². The Morgan fingerprint density at radius 1 is 1.65 bits per heavy atom. The smallest absolute Gasteiger partial charge is 0.252 e. The molecule has 0 aromatic carbocycles. The van der Waals surface area contributed by atoms with Crippen molar-refractivity contribution in [1.29, 1.82) is 0 Å².